The van der Waals surface area contributed by atoms with Gasteiger partial charge in [0.1, 0.15) is 12.4 Å². The lowest BCUT2D eigenvalue weighted by Crippen LogP contribution is -2.26. The number of amides is 1. The second-order valence-corrected chi connectivity index (χ2v) is 7.92. The predicted octanol–water partition coefficient (Wildman–Crippen LogP) is 2.94. The van der Waals surface area contributed by atoms with Crippen molar-refractivity contribution in [2.75, 3.05) is 26.8 Å². The van der Waals surface area contributed by atoms with Gasteiger partial charge in [-0.25, -0.2) is 4.98 Å². The van der Waals surface area contributed by atoms with Crippen molar-refractivity contribution in [1.29, 1.82) is 0 Å². The summed E-state index contributed by atoms with van der Waals surface area (Å²) in [5.41, 5.74) is 3.33. The summed E-state index contributed by atoms with van der Waals surface area (Å²) in [6.45, 7) is 3.88. The van der Waals surface area contributed by atoms with Crippen LogP contribution < -0.4 is 14.8 Å². The van der Waals surface area contributed by atoms with Gasteiger partial charge in [0.2, 0.25) is 11.8 Å². The van der Waals surface area contributed by atoms with Crippen molar-refractivity contribution in [3.05, 3.63) is 53.2 Å². The van der Waals surface area contributed by atoms with Gasteiger partial charge in [0, 0.05) is 44.2 Å². The molecule has 1 aliphatic heterocycles. The van der Waals surface area contributed by atoms with Crippen molar-refractivity contribution in [3.8, 4) is 11.6 Å². The Morgan fingerprint density at radius 1 is 1.31 bits per heavy atom. The molecule has 2 aromatic rings. The van der Waals surface area contributed by atoms with Gasteiger partial charge in [0.15, 0.2) is 0 Å². The number of hydrogen-bond donors (Lipinski definition) is 1. The van der Waals surface area contributed by atoms with Crippen molar-refractivity contribution < 1.29 is 14.3 Å². The maximum absolute atomic E-state index is 12.0. The summed E-state index contributed by atoms with van der Waals surface area (Å²) in [6.07, 6.45) is 3.80. The summed E-state index contributed by atoms with van der Waals surface area (Å²) >= 11 is 0. The standard InChI is InChI=1S/C23H29N3O3/c1-28-23-4-2-3-20(25-23)16-26-11-12-29-21-9-7-17(13-19(21)15-26)8-10-22(27)24-14-18-5-6-18/h2-4,7,9,13,18H,5-6,8,10-12,14-16H2,1H3,(H,24,27). The van der Waals surface area contributed by atoms with E-state index in [4.69, 9.17) is 9.47 Å². The van der Waals surface area contributed by atoms with Crippen molar-refractivity contribution in [3.63, 3.8) is 0 Å². The lowest BCUT2D eigenvalue weighted by molar-refractivity contribution is -0.121. The normalized spacial score (nSPS) is 16.4. The van der Waals surface area contributed by atoms with E-state index in [1.165, 1.54) is 24.0 Å². The van der Waals surface area contributed by atoms with E-state index in [0.29, 0.717) is 24.8 Å². The minimum absolute atomic E-state index is 0.147. The Morgan fingerprint density at radius 3 is 3.03 bits per heavy atom. The van der Waals surface area contributed by atoms with Crippen LogP contribution in [0, 0.1) is 5.92 Å². The topological polar surface area (TPSA) is 63.7 Å². The number of methoxy groups -OCH3 is 1. The highest BCUT2D eigenvalue weighted by Crippen LogP contribution is 2.28. The minimum Gasteiger partial charge on any atom is -0.492 e. The summed E-state index contributed by atoms with van der Waals surface area (Å²) < 4.78 is 11.2. The number of aromatic nitrogens is 1. The lowest BCUT2D eigenvalue weighted by Gasteiger charge is -2.19. The summed E-state index contributed by atoms with van der Waals surface area (Å²) in [5.74, 6) is 2.44. The lowest BCUT2D eigenvalue weighted by atomic mass is 10.0. The molecule has 29 heavy (non-hydrogen) atoms. The predicted molar refractivity (Wildman–Crippen MR) is 111 cm³/mol. The molecule has 0 radical (unpaired) electrons. The number of nitrogens with one attached hydrogen (secondary N) is 1. The maximum Gasteiger partial charge on any atom is 0.220 e. The number of carbonyl (C=O) groups is 1. The van der Waals surface area contributed by atoms with Gasteiger partial charge in [-0.15, -0.1) is 0 Å². The minimum atomic E-state index is 0.147. The van der Waals surface area contributed by atoms with Crippen LogP contribution in [0.5, 0.6) is 11.6 Å². The maximum atomic E-state index is 12.0. The van der Waals surface area contributed by atoms with E-state index >= 15 is 0 Å². The first-order valence-electron chi connectivity index (χ1n) is 10.4. The zero-order valence-electron chi connectivity index (χ0n) is 17.0. The molecule has 0 spiro atoms. The zero-order valence-corrected chi connectivity index (χ0v) is 17.0. The van der Waals surface area contributed by atoms with Crippen molar-refractivity contribution >= 4 is 5.91 Å². The molecule has 1 aromatic heterocycles. The Kier molecular flexibility index (Phi) is 6.30. The monoisotopic (exact) mass is 395 g/mol. The molecule has 1 amide bonds. The molecule has 0 bridgehead atoms. The number of benzene rings is 1. The molecule has 0 saturated heterocycles. The summed E-state index contributed by atoms with van der Waals surface area (Å²) in [5, 5.41) is 3.04. The molecule has 2 heterocycles. The van der Waals surface area contributed by atoms with Gasteiger partial charge in [-0.1, -0.05) is 18.2 Å². The summed E-state index contributed by atoms with van der Waals surface area (Å²) in [4.78, 5) is 18.9. The SMILES string of the molecule is COc1cccc(CN2CCOc3ccc(CCC(=O)NCC4CC4)cc3C2)n1. The average molecular weight is 396 g/mol. The van der Waals surface area contributed by atoms with Crippen LogP contribution in [0.15, 0.2) is 36.4 Å². The Morgan fingerprint density at radius 2 is 2.21 bits per heavy atom. The van der Waals surface area contributed by atoms with Gasteiger partial charge in [0.25, 0.3) is 0 Å². The third-order valence-corrected chi connectivity index (χ3v) is 5.49. The first-order valence-corrected chi connectivity index (χ1v) is 10.4. The molecule has 4 rings (SSSR count). The number of fused-ring (bicyclic) bond motifs is 1. The van der Waals surface area contributed by atoms with Crippen LogP contribution in [0.4, 0.5) is 0 Å². The first-order chi connectivity index (χ1) is 14.2. The molecule has 1 fully saturated rings. The van der Waals surface area contributed by atoms with Gasteiger partial charge < -0.3 is 14.8 Å². The van der Waals surface area contributed by atoms with Gasteiger partial charge in [-0.05, 0) is 42.9 Å². The van der Waals surface area contributed by atoms with E-state index in [0.717, 1.165) is 44.0 Å². The molecular weight excluding hydrogens is 366 g/mol. The second kappa shape index (κ2) is 9.27. The van der Waals surface area contributed by atoms with E-state index in [2.05, 4.69) is 27.3 Å². The van der Waals surface area contributed by atoms with E-state index < -0.39 is 0 Å². The van der Waals surface area contributed by atoms with E-state index in [9.17, 15) is 4.79 Å². The highest BCUT2D eigenvalue weighted by molar-refractivity contribution is 5.76. The molecule has 0 atom stereocenters. The van der Waals surface area contributed by atoms with Crippen LogP contribution in [-0.2, 0) is 24.3 Å². The Labute approximate surface area is 172 Å². The third-order valence-electron chi connectivity index (χ3n) is 5.49. The van der Waals surface area contributed by atoms with Gasteiger partial charge in [0.05, 0.1) is 12.8 Å². The third kappa shape index (κ3) is 5.70. The second-order valence-electron chi connectivity index (χ2n) is 7.92. The highest BCUT2D eigenvalue weighted by Gasteiger charge is 2.21. The fourth-order valence-electron chi connectivity index (χ4n) is 3.61. The van der Waals surface area contributed by atoms with Gasteiger partial charge >= 0.3 is 0 Å². The number of rotatable bonds is 8. The number of hydrogen-bond acceptors (Lipinski definition) is 5. The molecule has 1 aromatic carbocycles. The number of ether oxygens (including phenoxy) is 2. The molecule has 6 heteroatoms. The largest absolute Gasteiger partial charge is 0.492 e. The highest BCUT2D eigenvalue weighted by atomic mass is 16.5. The van der Waals surface area contributed by atoms with E-state index in [-0.39, 0.29) is 5.91 Å². The van der Waals surface area contributed by atoms with Gasteiger partial charge in [-0.2, -0.15) is 0 Å². The van der Waals surface area contributed by atoms with Crippen LogP contribution in [0.3, 0.4) is 0 Å². The quantitative estimate of drug-likeness (QED) is 0.745. The van der Waals surface area contributed by atoms with Crippen molar-refractivity contribution in [2.45, 2.75) is 38.8 Å². The molecule has 2 aliphatic rings. The summed E-state index contributed by atoms with van der Waals surface area (Å²) in [7, 11) is 1.63. The van der Waals surface area contributed by atoms with Crippen molar-refractivity contribution in [2.24, 2.45) is 5.92 Å². The molecule has 0 unspecified atom stereocenters. The molecule has 1 saturated carbocycles. The fraction of sp³-hybridized carbons (Fsp3) is 0.478. The fourth-order valence-corrected chi connectivity index (χ4v) is 3.61. The van der Waals surface area contributed by atoms with E-state index in [1.807, 2.05) is 24.3 Å². The molecule has 6 nitrogen and oxygen atoms in total. The van der Waals surface area contributed by atoms with Crippen LogP contribution in [-0.4, -0.2) is 42.6 Å². The molecular formula is C23H29N3O3. The molecule has 154 valence electrons. The molecule has 1 N–H and O–H groups in total. The zero-order chi connectivity index (χ0) is 20.1. The Hall–Kier alpha value is -2.60. The van der Waals surface area contributed by atoms with Crippen LogP contribution in [0.2, 0.25) is 0 Å². The summed E-state index contributed by atoms with van der Waals surface area (Å²) in [6, 6.07) is 12.1. The smallest absolute Gasteiger partial charge is 0.220 e. The van der Waals surface area contributed by atoms with Crippen molar-refractivity contribution in [1.82, 2.24) is 15.2 Å². The first kappa shape index (κ1) is 19.7. The number of pyridine rings is 1. The average Bonchev–Trinajstić information content (AvgIpc) is 3.57. The van der Waals surface area contributed by atoms with E-state index in [1.54, 1.807) is 7.11 Å². The number of carbonyl (C=O) groups excluding carboxylic acids is 1. The Balaban J connectivity index is 1.36. The van der Waals surface area contributed by atoms with Crippen LogP contribution in [0.25, 0.3) is 0 Å². The molecule has 1 aliphatic carbocycles. The van der Waals surface area contributed by atoms with Gasteiger partial charge in [-0.3, -0.25) is 9.69 Å². The van der Waals surface area contributed by atoms with Crippen LogP contribution >= 0.6 is 0 Å². The number of aryl methyl sites for hydroxylation is 1. The number of nitrogens with zero attached hydrogens (tertiary/aromatic N) is 2. The Bertz CT molecular complexity index is 851. The van der Waals surface area contributed by atoms with Crippen LogP contribution in [0.1, 0.15) is 36.1 Å².